The molecule has 0 unspecified atom stereocenters. The van der Waals surface area contributed by atoms with Crippen LogP contribution >= 0.6 is 0 Å². The molecule has 2 N–H and O–H groups in total. The van der Waals surface area contributed by atoms with Crippen molar-refractivity contribution in [1.82, 2.24) is 10.3 Å². The first kappa shape index (κ1) is 16.8. The molecule has 0 aliphatic carbocycles. The largest absolute Gasteiger partial charge is 0.484 e. The molecule has 6 nitrogen and oxygen atoms in total. The number of rotatable bonds is 6. The van der Waals surface area contributed by atoms with Crippen molar-refractivity contribution >= 4 is 15.9 Å². The maximum absolute atomic E-state index is 13.0. The van der Waals surface area contributed by atoms with Gasteiger partial charge in [0, 0.05) is 0 Å². The molecule has 2 rings (SSSR count). The zero-order valence-electron chi connectivity index (χ0n) is 11.6. The van der Waals surface area contributed by atoms with Crippen molar-refractivity contribution in [1.29, 1.82) is 0 Å². The molecular formula is C14H12F2N2O4S. The summed E-state index contributed by atoms with van der Waals surface area (Å²) in [6.07, 6.45) is 0. The number of amides is 1. The van der Waals surface area contributed by atoms with E-state index in [0.29, 0.717) is 0 Å². The first-order valence-electron chi connectivity index (χ1n) is 6.31. The van der Waals surface area contributed by atoms with Crippen molar-refractivity contribution in [2.24, 2.45) is 0 Å². The van der Waals surface area contributed by atoms with Gasteiger partial charge in [0.15, 0.2) is 6.61 Å². The van der Waals surface area contributed by atoms with Crippen LogP contribution in [0.4, 0.5) is 8.78 Å². The number of benzene rings is 2. The van der Waals surface area contributed by atoms with E-state index in [1.165, 1.54) is 24.3 Å². The quantitative estimate of drug-likeness (QED) is 0.776. The fourth-order valence-electron chi connectivity index (χ4n) is 1.53. The van der Waals surface area contributed by atoms with Gasteiger partial charge in [-0.15, -0.1) is 4.83 Å². The summed E-state index contributed by atoms with van der Waals surface area (Å²) in [6.45, 7) is -0.489. The average molecular weight is 342 g/mol. The third kappa shape index (κ3) is 5.01. The van der Waals surface area contributed by atoms with Gasteiger partial charge < -0.3 is 4.74 Å². The normalized spacial score (nSPS) is 11.0. The predicted octanol–water partition coefficient (Wildman–Crippen LogP) is 1.35. The monoisotopic (exact) mass is 342 g/mol. The number of nitrogens with one attached hydrogen (secondary N) is 2. The minimum Gasteiger partial charge on any atom is -0.484 e. The van der Waals surface area contributed by atoms with Gasteiger partial charge in [0.25, 0.3) is 15.9 Å². The molecule has 2 aromatic carbocycles. The van der Waals surface area contributed by atoms with Crippen LogP contribution in [0.2, 0.25) is 0 Å². The molecule has 0 saturated carbocycles. The van der Waals surface area contributed by atoms with Gasteiger partial charge in [-0.2, -0.15) is 0 Å². The molecule has 1 amide bonds. The van der Waals surface area contributed by atoms with Crippen molar-refractivity contribution in [3.63, 3.8) is 0 Å². The molecule has 0 aliphatic rings. The summed E-state index contributed by atoms with van der Waals surface area (Å²) >= 11 is 0. The van der Waals surface area contributed by atoms with Crippen molar-refractivity contribution < 1.29 is 26.7 Å². The predicted molar refractivity (Wildman–Crippen MR) is 76.8 cm³/mol. The van der Waals surface area contributed by atoms with Gasteiger partial charge in [-0.1, -0.05) is 6.07 Å². The second kappa shape index (κ2) is 7.16. The summed E-state index contributed by atoms with van der Waals surface area (Å²) in [5.74, 6) is -1.72. The number of carbonyl (C=O) groups is 1. The molecule has 0 spiro atoms. The van der Waals surface area contributed by atoms with Crippen molar-refractivity contribution in [3.05, 3.63) is 60.2 Å². The van der Waals surface area contributed by atoms with Gasteiger partial charge in [0.1, 0.15) is 17.4 Å². The van der Waals surface area contributed by atoms with E-state index in [4.69, 9.17) is 4.74 Å². The van der Waals surface area contributed by atoms with Crippen LogP contribution in [0.3, 0.4) is 0 Å². The average Bonchev–Trinajstić information content (AvgIpc) is 2.52. The van der Waals surface area contributed by atoms with E-state index in [9.17, 15) is 22.0 Å². The Labute approximate surface area is 131 Å². The Morgan fingerprint density at radius 1 is 1.04 bits per heavy atom. The molecule has 0 aromatic heterocycles. The molecule has 0 saturated heterocycles. The van der Waals surface area contributed by atoms with Crippen LogP contribution in [0.1, 0.15) is 0 Å². The molecule has 0 bridgehead atoms. The van der Waals surface area contributed by atoms with Crippen LogP contribution in [0.25, 0.3) is 0 Å². The topological polar surface area (TPSA) is 84.5 Å². The number of carbonyl (C=O) groups excluding carboxylic acids is 1. The molecule has 2 aromatic rings. The van der Waals surface area contributed by atoms with Crippen LogP contribution in [-0.4, -0.2) is 20.9 Å². The first-order valence-corrected chi connectivity index (χ1v) is 7.80. The molecule has 9 heteroatoms. The van der Waals surface area contributed by atoms with Crippen LogP contribution in [0.5, 0.6) is 5.75 Å². The molecule has 0 atom stereocenters. The Balaban J connectivity index is 1.87. The zero-order chi connectivity index (χ0) is 16.9. The lowest BCUT2D eigenvalue weighted by atomic mass is 10.3. The second-order valence-corrected chi connectivity index (χ2v) is 6.04. The number of ether oxygens (including phenoxy) is 1. The van der Waals surface area contributed by atoms with Crippen molar-refractivity contribution in [3.8, 4) is 5.75 Å². The molecule has 23 heavy (non-hydrogen) atoms. The zero-order valence-corrected chi connectivity index (χ0v) is 12.4. The molecule has 122 valence electrons. The van der Waals surface area contributed by atoms with E-state index in [2.05, 4.69) is 0 Å². The summed E-state index contributed by atoms with van der Waals surface area (Å²) in [4.78, 5) is 13.0. The van der Waals surface area contributed by atoms with Crippen LogP contribution in [0, 0.1) is 11.6 Å². The molecule has 0 fully saturated rings. The van der Waals surface area contributed by atoms with E-state index in [0.717, 1.165) is 24.3 Å². The highest BCUT2D eigenvalue weighted by Crippen LogP contribution is 2.11. The van der Waals surface area contributed by atoms with E-state index in [-0.39, 0.29) is 10.6 Å². The number of sulfonamides is 1. The number of hydrogen-bond acceptors (Lipinski definition) is 4. The maximum atomic E-state index is 13.0. The summed E-state index contributed by atoms with van der Waals surface area (Å²) < 4.78 is 54.4. The van der Waals surface area contributed by atoms with Crippen molar-refractivity contribution in [2.75, 3.05) is 6.61 Å². The van der Waals surface area contributed by atoms with Crippen molar-refractivity contribution in [2.45, 2.75) is 4.90 Å². The Morgan fingerprint density at radius 2 is 1.74 bits per heavy atom. The number of hydrazine groups is 1. The van der Waals surface area contributed by atoms with Gasteiger partial charge in [0.05, 0.1) is 4.90 Å². The third-order valence-electron chi connectivity index (χ3n) is 2.61. The Kier molecular flexibility index (Phi) is 5.24. The van der Waals surface area contributed by atoms with Crippen LogP contribution in [0.15, 0.2) is 53.4 Å². The lowest BCUT2D eigenvalue weighted by molar-refractivity contribution is -0.123. The highest BCUT2D eigenvalue weighted by atomic mass is 32.2. The number of halogens is 2. The van der Waals surface area contributed by atoms with E-state index in [1.54, 1.807) is 0 Å². The minimum absolute atomic E-state index is 0.245. The lowest BCUT2D eigenvalue weighted by Gasteiger charge is -2.09. The van der Waals surface area contributed by atoms with E-state index >= 15 is 0 Å². The molecule has 0 heterocycles. The van der Waals surface area contributed by atoms with E-state index in [1.807, 2.05) is 10.3 Å². The lowest BCUT2D eigenvalue weighted by Crippen LogP contribution is -2.43. The smallest absolute Gasteiger partial charge is 0.272 e. The summed E-state index contributed by atoms with van der Waals surface area (Å²) in [7, 11) is -4.09. The number of hydrogen-bond donors (Lipinski definition) is 2. The van der Waals surface area contributed by atoms with Gasteiger partial charge in [-0.05, 0) is 42.5 Å². The minimum atomic E-state index is -4.09. The standard InChI is InChI=1S/C14H12F2N2O4S/c15-10-4-6-12(7-5-10)22-9-14(19)17-18-23(20,21)13-3-1-2-11(16)8-13/h1-8,18H,9H2,(H,17,19). The molecular weight excluding hydrogens is 330 g/mol. The van der Waals surface area contributed by atoms with Crippen LogP contribution < -0.4 is 15.0 Å². The SMILES string of the molecule is O=C(COc1ccc(F)cc1)NNS(=O)(=O)c1cccc(F)c1. The fourth-order valence-corrected chi connectivity index (χ4v) is 2.42. The second-order valence-electron chi connectivity index (χ2n) is 4.35. The highest BCUT2D eigenvalue weighted by Gasteiger charge is 2.15. The van der Waals surface area contributed by atoms with Crippen LogP contribution in [-0.2, 0) is 14.8 Å². The summed E-state index contributed by atoms with van der Waals surface area (Å²) in [5, 5.41) is 0. The van der Waals surface area contributed by atoms with Gasteiger partial charge >= 0.3 is 0 Å². The summed E-state index contributed by atoms with van der Waals surface area (Å²) in [6, 6.07) is 9.24. The van der Waals surface area contributed by atoms with Gasteiger partial charge in [-0.3, -0.25) is 10.2 Å². The Hall–Kier alpha value is -2.52. The van der Waals surface area contributed by atoms with E-state index < -0.39 is 34.2 Å². The molecule has 0 aliphatic heterocycles. The Bertz CT molecular complexity index is 795. The summed E-state index contributed by atoms with van der Waals surface area (Å²) in [5.41, 5.74) is 1.92. The Morgan fingerprint density at radius 3 is 2.39 bits per heavy atom. The highest BCUT2D eigenvalue weighted by molar-refractivity contribution is 7.89. The van der Waals surface area contributed by atoms with Gasteiger partial charge in [-0.25, -0.2) is 17.2 Å². The maximum Gasteiger partial charge on any atom is 0.272 e. The fraction of sp³-hybridized carbons (Fsp3) is 0.0714. The van der Waals surface area contributed by atoms with Gasteiger partial charge in [0.2, 0.25) is 0 Å². The molecule has 0 radical (unpaired) electrons. The third-order valence-corrected chi connectivity index (χ3v) is 3.86. The first-order chi connectivity index (χ1) is 10.9.